The van der Waals surface area contributed by atoms with E-state index in [1.807, 2.05) is 42.7 Å². The maximum atomic E-state index is 11.4. The number of rotatable bonds is 8. The maximum absolute atomic E-state index is 11.4. The number of aldehydes is 1. The Hall–Kier alpha value is -3.20. The molecule has 8 nitrogen and oxygen atoms in total. The van der Waals surface area contributed by atoms with Crippen molar-refractivity contribution in [2.24, 2.45) is 0 Å². The SMILES string of the molecule is CCOc1ccccc1-c1nnc(Sc2ccc(C=O)cc2[N+](=O)[O-])n1CC. The number of hydrogen-bond donors (Lipinski definition) is 0. The van der Waals surface area contributed by atoms with Gasteiger partial charge in [-0.3, -0.25) is 14.9 Å². The number of benzene rings is 2. The first kappa shape index (κ1) is 19.6. The van der Waals surface area contributed by atoms with Crippen LogP contribution in [-0.2, 0) is 6.54 Å². The normalized spacial score (nSPS) is 10.6. The fourth-order valence-corrected chi connectivity index (χ4v) is 3.69. The zero-order valence-electron chi connectivity index (χ0n) is 15.4. The third kappa shape index (κ3) is 3.89. The summed E-state index contributed by atoms with van der Waals surface area (Å²) in [4.78, 5) is 22.2. The lowest BCUT2D eigenvalue weighted by molar-refractivity contribution is -0.387. The Kier molecular flexibility index (Phi) is 6.05. The van der Waals surface area contributed by atoms with Crippen LogP contribution in [0.2, 0.25) is 0 Å². The second-order valence-corrected chi connectivity index (χ2v) is 6.69. The molecule has 0 bridgehead atoms. The summed E-state index contributed by atoms with van der Waals surface area (Å²) in [6.07, 6.45) is 0.582. The summed E-state index contributed by atoms with van der Waals surface area (Å²) in [7, 11) is 0. The standard InChI is InChI=1S/C19H18N4O4S/c1-3-22-18(14-7-5-6-8-16(14)27-4-2)20-21-19(22)28-17-10-9-13(12-24)11-15(17)23(25)26/h5-12H,3-4H2,1-2H3. The van der Waals surface area contributed by atoms with E-state index in [1.165, 1.54) is 6.07 Å². The van der Waals surface area contributed by atoms with Gasteiger partial charge in [0, 0.05) is 18.2 Å². The molecule has 1 aromatic heterocycles. The molecule has 3 rings (SSSR count). The molecular weight excluding hydrogens is 380 g/mol. The molecule has 144 valence electrons. The van der Waals surface area contributed by atoms with Gasteiger partial charge in [-0.1, -0.05) is 18.2 Å². The quantitative estimate of drug-likeness (QED) is 0.318. The van der Waals surface area contributed by atoms with Crippen LogP contribution in [0.4, 0.5) is 5.69 Å². The van der Waals surface area contributed by atoms with Gasteiger partial charge < -0.3 is 9.30 Å². The van der Waals surface area contributed by atoms with Crippen LogP contribution in [0.25, 0.3) is 11.4 Å². The van der Waals surface area contributed by atoms with E-state index < -0.39 is 4.92 Å². The topological polar surface area (TPSA) is 100 Å². The van der Waals surface area contributed by atoms with Crippen molar-refractivity contribution in [3.05, 3.63) is 58.1 Å². The second kappa shape index (κ2) is 8.66. The maximum Gasteiger partial charge on any atom is 0.284 e. The fourth-order valence-electron chi connectivity index (χ4n) is 2.72. The molecule has 0 aliphatic carbocycles. The first-order chi connectivity index (χ1) is 13.6. The molecule has 0 atom stereocenters. The molecular formula is C19H18N4O4S. The van der Waals surface area contributed by atoms with Crippen LogP contribution in [0.3, 0.4) is 0 Å². The van der Waals surface area contributed by atoms with Gasteiger partial charge in [-0.05, 0) is 43.8 Å². The van der Waals surface area contributed by atoms with Gasteiger partial charge in [0.15, 0.2) is 11.0 Å². The molecule has 3 aromatic rings. The Labute approximate surface area is 165 Å². The highest BCUT2D eigenvalue weighted by Gasteiger charge is 2.21. The molecule has 0 fully saturated rings. The van der Waals surface area contributed by atoms with E-state index in [2.05, 4.69) is 10.2 Å². The predicted octanol–water partition coefficient (Wildman–Crippen LogP) is 4.24. The smallest absolute Gasteiger partial charge is 0.284 e. The first-order valence-corrected chi connectivity index (χ1v) is 9.47. The van der Waals surface area contributed by atoms with Gasteiger partial charge in [-0.15, -0.1) is 10.2 Å². The van der Waals surface area contributed by atoms with E-state index in [0.717, 1.165) is 17.3 Å². The van der Waals surface area contributed by atoms with Crippen molar-refractivity contribution in [1.29, 1.82) is 0 Å². The van der Waals surface area contributed by atoms with Gasteiger partial charge >= 0.3 is 0 Å². The molecule has 2 aromatic carbocycles. The number of nitro benzene ring substituents is 1. The summed E-state index contributed by atoms with van der Waals surface area (Å²) in [6, 6.07) is 11.9. The van der Waals surface area contributed by atoms with E-state index in [9.17, 15) is 14.9 Å². The summed E-state index contributed by atoms with van der Waals surface area (Å²) in [6.45, 7) is 4.95. The second-order valence-electron chi connectivity index (χ2n) is 5.68. The summed E-state index contributed by atoms with van der Waals surface area (Å²) in [5, 5.41) is 20.4. The third-order valence-corrected chi connectivity index (χ3v) is 5.03. The van der Waals surface area contributed by atoms with Crippen LogP contribution < -0.4 is 4.74 Å². The van der Waals surface area contributed by atoms with Gasteiger partial charge in [-0.25, -0.2) is 0 Å². The average molecular weight is 398 g/mol. The van der Waals surface area contributed by atoms with Crippen LogP contribution >= 0.6 is 11.8 Å². The number of aromatic nitrogens is 3. The number of hydrogen-bond acceptors (Lipinski definition) is 7. The van der Waals surface area contributed by atoms with Gasteiger partial charge in [0.05, 0.1) is 22.0 Å². The predicted molar refractivity (Wildman–Crippen MR) is 105 cm³/mol. The Morgan fingerprint density at radius 1 is 1.21 bits per heavy atom. The molecule has 0 spiro atoms. The molecule has 9 heteroatoms. The summed E-state index contributed by atoms with van der Waals surface area (Å²) >= 11 is 1.14. The number of carbonyl (C=O) groups excluding carboxylic acids is 1. The Morgan fingerprint density at radius 2 is 2.00 bits per heavy atom. The fraction of sp³-hybridized carbons (Fsp3) is 0.211. The van der Waals surface area contributed by atoms with Crippen LogP contribution in [0.1, 0.15) is 24.2 Å². The van der Waals surface area contributed by atoms with Crippen molar-refractivity contribution in [2.45, 2.75) is 30.4 Å². The zero-order valence-corrected chi connectivity index (χ0v) is 16.2. The third-order valence-electron chi connectivity index (χ3n) is 3.98. The summed E-state index contributed by atoms with van der Waals surface area (Å²) in [5.74, 6) is 1.33. The molecule has 1 heterocycles. The number of ether oxygens (including phenoxy) is 1. The molecule has 0 radical (unpaired) electrons. The van der Waals surface area contributed by atoms with E-state index in [4.69, 9.17) is 4.74 Å². The van der Waals surface area contributed by atoms with Crippen LogP contribution in [0.15, 0.2) is 52.5 Å². The molecule has 0 aliphatic rings. The summed E-state index contributed by atoms with van der Waals surface area (Å²) < 4.78 is 7.56. The van der Waals surface area contributed by atoms with Crippen molar-refractivity contribution in [1.82, 2.24) is 14.8 Å². The average Bonchev–Trinajstić information content (AvgIpc) is 3.11. The van der Waals surface area contributed by atoms with Crippen molar-refractivity contribution in [2.75, 3.05) is 6.61 Å². The molecule has 0 N–H and O–H groups in total. The highest BCUT2D eigenvalue weighted by Crippen LogP contribution is 2.37. The minimum Gasteiger partial charge on any atom is -0.493 e. The lowest BCUT2D eigenvalue weighted by Crippen LogP contribution is -2.02. The summed E-state index contributed by atoms with van der Waals surface area (Å²) in [5.41, 5.74) is 0.909. The van der Waals surface area contributed by atoms with Gasteiger partial charge in [-0.2, -0.15) is 0 Å². The Balaban J connectivity index is 2.03. The van der Waals surface area contributed by atoms with Crippen molar-refractivity contribution >= 4 is 23.7 Å². The molecule has 0 aliphatic heterocycles. The van der Waals surface area contributed by atoms with Crippen LogP contribution in [0, 0.1) is 10.1 Å². The van der Waals surface area contributed by atoms with Crippen LogP contribution in [0.5, 0.6) is 5.75 Å². The minimum atomic E-state index is -0.507. The monoisotopic (exact) mass is 398 g/mol. The lowest BCUT2D eigenvalue weighted by Gasteiger charge is -2.11. The lowest BCUT2D eigenvalue weighted by atomic mass is 10.2. The number of nitrogens with zero attached hydrogens (tertiary/aromatic N) is 4. The van der Waals surface area contributed by atoms with Crippen LogP contribution in [-0.4, -0.2) is 32.6 Å². The number of nitro groups is 1. The van der Waals surface area contributed by atoms with E-state index in [-0.39, 0.29) is 11.3 Å². The number of carbonyl (C=O) groups is 1. The Morgan fingerprint density at radius 3 is 2.68 bits per heavy atom. The van der Waals surface area contributed by atoms with Crippen molar-refractivity contribution < 1.29 is 14.5 Å². The first-order valence-electron chi connectivity index (χ1n) is 8.65. The largest absolute Gasteiger partial charge is 0.493 e. The minimum absolute atomic E-state index is 0.142. The van der Waals surface area contributed by atoms with Gasteiger partial charge in [0.1, 0.15) is 12.0 Å². The molecule has 0 saturated heterocycles. The van der Waals surface area contributed by atoms with E-state index >= 15 is 0 Å². The molecule has 0 amide bonds. The highest BCUT2D eigenvalue weighted by atomic mass is 32.2. The molecule has 28 heavy (non-hydrogen) atoms. The Bertz CT molecular complexity index is 1020. The van der Waals surface area contributed by atoms with Gasteiger partial charge in [0.25, 0.3) is 5.69 Å². The zero-order chi connectivity index (χ0) is 20.1. The highest BCUT2D eigenvalue weighted by molar-refractivity contribution is 7.99. The van der Waals surface area contributed by atoms with Gasteiger partial charge in [0.2, 0.25) is 0 Å². The van der Waals surface area contributed by atoms with Crippen molar-refractivity contribution in [3.8, 4) is 17.1 Å². The molecule has 0 unspecified atom stereocenters. The number of para-hydroxylation sites is 1. The molecule has 0 saturated carbocycles. The van der Waals surface area contributed by atoms with E-state index in [1.54, 1.807) is 12.1 Å². The van der Waals surface area contributed by atoms with Crippen molar-refractivity contribution in [3.63, 3.8) is 0 Å². The van der Waals surface area contributed by atoms with E-state index in [0.29, 0.717) is 41.1 Å².